The van der Waals surface area contributed by atoms with Crippen molar-refractivity contribution in [1.29, 1.82) is 0 Å². The number of amides is 1. The molecule has 0 spiro atoms. The lowest BCUT2D eigenvalue weighted by molar-refractivity contribution is -0.137. The van der Waals surface area contributed by atoms with E-state index in [0.29, 0.717) is 17.0 Å². The maximum absolute atomic E-state index is 12.6. The molecular formula is C20H19F3N4O2. The molecule has 2 aromatic heterocycles. The molecule has 0 aliphatic heterocycles. The van der Waals surface area contributed by atoms with E-state index in [2.05, 4.69) is 20.4 Å². The van der Waals surface area contributed by atoms with Gasteiger partial charge in [-0.2, -0.15) is 18.2 Å². The largest absolute Gasteiger partial charge is 0.416 e. The molecule has 1 amide bonds. The maximum Gasteiger partial charge on any atom is 0.416 e. The van der Waals surface area contributed by atoms with Crippen molar-refractivity contribution in [3.05, 3.63) is 65.8 Å². The standard InChI is InChI=1S/C20H19F3N4O2/c1-12(2)17(19-26-18(27-29-19)14-4-3-9-24-11-14)25-16(28)10-13-5-7-15(8-6-13)20(21,22)23/h3-9,11-12,17H,10H2,1-2H3,(H,25,28). The van der Waals surface area contributed by atoms with E-state index in [0.717, 1.165) is 12.1 Å². The lowest BCUT2D eigenvalue weighted by Crippen LogP contribution is -2.33. The molecule has 0 aliphatic carbocycles. The van der Waals surface area contributed by atoms with E-state index >= 15 is 0 Å². The van der Waals surface area contributed by atoms with Crippen molar-refractivity contribution in [3.8, 4) is 11.4 Å². The molecule has 0 fully saturated rings. The van der Waals surface area contributed by atoms with E-state index in [1.54, 1.807) is 24.5 Å². The predicted octanol–water partition coefficient (Wildman–Crippen LogP) is 4.21. The average Bonchev–Trinajstić information content (AvgIpc) is 3.16. The molecule has 1 aromatic carbocycles. The fourth-order valence-corrected chi connectivity index (χ4v) is 2.71. The van der Waals surface area contributed by atoms with Crippen LogP contribution in [0.4, 0.5) is 13.2 Å². The summed E-state index contributed by atoms with van der Waals surface area (Å²) in [6.07, 6.45) is -1.25. The molecule has 152 valence electrons. The first-order chi connectivity index (χ1) is 13.7. The number of nitrogens with zero attached hydrogens (tertiary/aromatic N) is 3. The van der Waals surface area contributed by atoms with Crippen molar-refractivity contribution in [2.45, 2.75) is 32.5 Å². The van der Waals surface area contributed by atoms with Crippen LogP contribution in [0, 0.1) is 5.92 Å². The number of alkyl halides is 3. The number of carbonyl (C=O) groups excluding carboxylic acids is 1. The summed E-state index contributed by atoms with van der Waals surface area (Å²) in [4.78, 5) is 20.8. The minimum Gasteiger partial charge on any atom is -0.344 e. The molecule has 2 heterocycles. The summed E-state index contributed by atoms with van der Waals surface area (Å²) < 4.78 is 43.3. The average molecular weight is 404 g/mol. The Hall–Kier alpha value is -3.23. The molecule has 1 N–H and O–H groups in total. The molecule has 1 atom stereocenters. The highest BCUT2D eigenvalue weighted by Crippen LogP contribution is 2.29. The highest BCUT2D eigenvalue weighted by Gasteiger charge is 2.30. The van der Waals surface area contributed by atoms with Gasteiger partial charge in [0, 0.05) is 18.0 Å². The van der Waals surface area contributed by atoms with Gasteiger partial charge in [-0.15, -0.1) is 0 Å². The van der Waals surface area contributed by atoms with Crippen molar-refractivity contribution in [2.75, 3.05) is 0 Å². The van der Waals surface area contributed by atoms with Crippen LogP contribution in [-0.4, -0.2) is 21.0 Å². The second-order valence-corrected chi connectivity index (χ2v) is 6.86. The summed E-state index contributed by atoms with van der Waals surface area (Å²) >= 11 is 0. The van der Waals surface area contributed by atoms with Crippen LogP contribution in [0.3, 0.4) is 0 Å². The van der Waals surface area contributed by atoms with Crippen LogP contribution in [0.5, 0.6) is 0 Å². The van der Waals surface area contributed by atoms with Gasteiger partial charge in [0.2, 0.25) is 17.6 Å². The van der Waals surface area contributed by atoms with E-state index in [1.165, 1.54) is 12.1 Å². The van der Waals surface area contributed by atoms with Crippen molar-refractivity contribution in [1.82, 2.24) is 20.4 Å². The fraction of sp³-hybridized carbons (Fsp3) is 0.300. The minimum atomic E-state index is -4.41. The molecule has 0 aliphatic rings. The van der Waals surface area contributed by atoms with Crippen LogP contribution in [0.15, 0.2) is 53.3 Å². The van der Waals surface area contributed by atoms with Crippen molar-refractivity contribution in [3.63, 3.8) is 0 Å². The minimum absolute atomic E-state index is 0.0475. The molecule has 0 radical (unpaired) electrons. The molecular weight excluding hydrogens is 385 g/mol. The van der Waals surface area contributed by atoms with E-state index in [4.69, 9.17) is 4.52 Å². The number of aromatic nitrogens is 3. The first-order valence-electron chi connectivity index (χ1n) is 8.93. The van der Waals surface area contributed by atoms with Gasteiger partial charge in [-0.05, 0) is 35.7 Å². The zero-order valence-corrected chi connectivity index (χ0v) is 15.8. The molecule has 0 bridgehead atoms. The molecule has 1 unspecified atom stereocenters. The van der Waals surface area contributed by atoms with Gasteiger partial charge < -0.3 is 9.84 Å². The number of rotatable bonds is 6. The molecule has 0 saturated heterocycles. The smallest absolute Gasteiger partial charge is 0.344 e. The quantitative estimate of drug-likeness (QED) is 0.666. The Labute approximate surface area is 165 Å². The van der Waals surface area contributed by atoms with E-state index in [9.17, 15) is 18.0 Å². The Kier molecular flexibility index (Phi) is 5.95. The topological polar surface area (TPSA) is 80.9 Å². The third kappa shape index (κ3) is 5.18. The second-order valence-electron chi connectivity index (χ2n) is 6.86. The van der Waals surface area contributed by atoms with Gasteiger partial charge in [0.05, 0.1) is 12.0 Å². The molecule has 3 rings (SSSR count). The number of benzene rings is 1. The SMILES string of the molecule is CC(C)C(NC(=O)Cc1ccc(C(F)(F)F)cc1)c1nc(-c2cccnc2)no1. The van der Waals surface area contributed by atoms with Gasteiger partial charge in [0.1, 0.15) is 6.04 Å². The van der Waals surface area contributed by atoms with Crippen LogP contribution >= 0.6 is 0 Å². The van der Waals surface area contributed by atoms with Gasteiger partial charge in [0.15, 0.2) is 0 Å². The summed E-state index contributed by atoms with van der Waals surface area (Å²) in [6, 6.07) is 7.50. The Morgan fingerprint density at radius 2 is 1.90 bits per heavy atom. The van der Waals surface area contributed by atoms with E-state index in [1.807, 2.05) is 13.8 Å². The number of hydrogen-bond acceptors (Lipinski definition) is 5. The highest BCUT2D eigenvalue weighted by atomic mass is 19.4. The Balaban J connectivity index is 1.69. The van der Waals surface area contributed by atoms with Crippen molar-refractivity contribution < 1.29 is 22.5 Å². The van der Waals surface area contributed by atoms with Crippen LogP contribution in [0.2, 0.25) is 0 Å². The number of pyridine rings is 1. The zero-order chi connectivity index (χ0) is 21.0. The normalized spacial score (nSPS) is 12.8. The summed E-state index contributed by atoms with van der Waals surface area (Å²) in [5, 5.41) is 6.75. The molecule has 29 heavy (non-hydrogen) atoms. The van der Waals surface area contributed by atoms with Crippen molar-refractivity contribution >= 4 is 5.91 Å². The zero-order valence-electron chi connectivity index (χ0n) is 15.8. The Morgan fingerprint density at radius 3 is 2.48 bits per heavy atom. The first kappa shape index (κ1) is 20.5. The van der Waals surface area contributed by atoms with Gasteiger partial charge in [-0.25, -0.2) is 0 Å². The lowest BCUT2D eigenvalue weighted by atomic mass is 10.0. The number of nitrogens with one attached hydrogen (secondary N) is 1. The molecule has 3 aromatic rings. The third-order valence-electron chi connectivity index (χ3n) is 4.26. The molecule has 9 heteroatoms. The second kappa shape index (κ2) is 8.42. The van der Waals surface area contributed by atoms with Gasteiger partial charge in [-0.3, -0.25) is 9.78 Å². The summed E-state index contributed by atoms with van der Waals surface area (Å²) in [5.41, 5.74) is 0.399. The summed E-state index contributed by atoms with van der Waals surface area (Å²) in [7, 11) is 0. The summed E-state index contributed by atoms with van der Waals surface area (Å²) in [5.74, 6) is 0.203. The Morgan fingerprint density at radius 1 is 1.17 bits per heavy atom. The van der Waals surface area contributed by atoms with Gasteiger partial charge >= 0.3 is 6.18 Å². The molecule has 0 saturated carbocycles. The maximum atomic E-state index is 12.6. The fourth-order valence-electron chi connectivity index (χ4n) is 2.71. The van der Waals surface area contributed by atoms with Crippen LogP contribution in [-0.2, 0) is 17.4 Å². The molecule has 6 nitrogen and oxygen atoms in total. The first-order valence-corrected chi connectivity index (χ1v) is 8.93. The van der Waals surface area contributed by atoms with Crippen LogP contribution in [0.25, 0.3) is 11.4 Å². The number of carbonyl (C=O) groups is 1. The monoisotopic (exact) mass is 404 g/mol. The number of hydrogen-bond donors (Lipinski definition) is 1. The number of halogens is 3. The Bertz CT molecular complexity index is 954. The highest BCUT2D eigenvalue weighted by molar-refractivity contribution is 5.79. The van der Waals surface area contributed by atoms with Crippen molar-refractivity contribution in [2.24, 2.45) is 5.92 Å². The lowest BCUT2D eigenvalue weighted by Gasteiger charge is -2.18. The van der Waals surface area contributed by atoms with Crippen LogP contribution in [0.1, 0.15) is 36.9 Å². The predicted molar refractivity (Wildman–Crippen MR) is 98.4 cm³/mol. The van der Waals surface area contributed by atoms with Gasteiger partial charge in [0.25, 0.3) is 0 Å². The van der Waals surface area contributed by atoms with E-state index < -0.39 is 17.8 Å². The summed E-state index contributed by atoms with van der Waals surface area (Å²) in [6.45, 7) is 3.77. The van der Waals surface area contributed by atoms with E-state index in [-0.39, 0.29) is 24.1 Å². The van der Waals surface area contributed by atoms with Crippen LogP contribution < -0.4 is 5.32 Å². The third-order valence-corrected chi connectivity index (χ3v) is 4.26. The van der Waals surface area contributed by atoms with Gasteiger partial charge in [-0.1, -0.05) is 31.1 Å².